The normalized spacial score (nSPS) is 10.3. The van der Waals surface area contributed by atoms with Crippen LogP contribution in [-0.2, 0) is 23.8 Å². The molecule has 0 aliphatic heterocycles. The number of hydrogen-bond donors (Lipinski definition) is 2. The molecular formula is C20H22Cl2N2O5. The summed E-state index contributed by atoms with van der Waals surface area (Å²) in [5, 5.41) is 6.99. The molecule has 156 valence electrons. The maximum absolute atomic E-state index is 11.6. The van der Waals surface area contributed by atoms with Crippen molar-refractivity contribution in [2.24, 2.45) is 0 Å². The summed E-state index contributed by atoms with van der Waals surface area (Å²) in [5.41, 5.74) is 1.47. The van der Waals surface area contributed by atoms with Gasteiger partial charge >= 0.3 is 11.9 Å². The number of anilines is 2. The molecule has 0 saturated heterocycles. The predicted molar refractivity (Wildman–Crippen MR) is 113 cm³/mol. The molecule has 0 heterocycles. The zero-order valence-electron chi connectivity index (χ0n) is 15.7. The van der Waals surface area contributed by atoms with Crippen molar-refractivity contribution in [2.45, 2.75) is 0 Å². The van der Waals surface area contributed by atoms with Crippen LogP contribution in [0.5, 0.6) is 0 Å². The van der Waals surface area contributed by atoms with Gasteiger partial charge in [0.05, 0.1) is 13.2 Å². The van der Waals surface area contributed by atoms with Crippen molar-refractivity contribution < 1.29 is 23.8 Å². The maximum atomic E-state index is 11.6. The second kappa shape index (κ2) is 12.9. The highest BCUT2D eigenvalue weighted by molar-refractivity contribution is 6.31. The van der Waals surface area contributed by atoms with E-state index >= 15 is 0 Å². The molecule has 2 aromatic rings. The van der Waals surface area contributed by atoms with E-state index in [1.807, 2.05) is 0 Å². The Morgan fingerprint density at radius 2 is 1.17 bits per heavy atom. The van der Waals surface area contributed by atoms with Crippen LogP contribution in [0.1, 0.15) is 0 Å². The molecule has 0 amide bonds. The summed E-state index contributed by atoms with van der Waals surface area (Å²) in [6, 6.07) is 14.1. The molecule has 29 heavy (non-hydrogen) atoms. The predicted octanol–water partition coefficient (Wildman–Crippen LogP) is 3.62. The maximum Gasteiger partial charge on any atom is 0.325 e. The molecule has 2 rings (SSSR count). The molecule has 0 radical (unpaired) electrons. The van der Waals surface area contributed by atoms with E-state index in [2.05, 4.69) is 10.6 Å². The largest absolute Gasteiger partial charge is 0.462 e. The van der Waals surface area contributed by atoms with E-state index in [0.29, 0.717) is 10.0 Å². The summed E-state index contributed by atoms with van der Waals surface area (Å²) < 4.78 is 15.3. The van der Waals surface area contributed by atoms with Gasteiger partial charge in [0, 0.05) is 21.4 Å². The molecule has 0 atom stereocenters. The third kappa shape index (κ3) is 10.0. The van der Waals surface area contributed by atoms with Gasteiger partial charge in [-0.3, -0.25) is 9.59 Å². The fourth-order valence-electron chi connectivity index (χ4n) is 2.18. The summed E-state index contributed by atoms with van der Waals surface area (Å²) in [7, 11) is 0. The lowest BCUT2D eigenvalue weighted by Gasteiger charge is -2.09. The fourth-order valence-corrected chi connectivity index (χ4v) is 2.56. The van der Waals surface area contributed by atoms with E-state index in [4.69, 9.17) is 37.4 Å². The number of hydrogen-bond acceptors (Lipinski definition) is 7. The van der Waals surface area contributed by atoms with Gasteiger partial charge in [-0.05, 0) is 36.4 Å². The van der Waals surface area contributed by atoms with Crippen molar-refractivity contribution in [3.8, 4) is 0 Å². The zero-order chi connectivity index (χ0) is 20.9. The average Bonchev–Trinajstić information content (AvgIpc) is 2.70. The average molecular weight is 441 g/mol. The number of esters is 2. The highest BCUT2D eigenvalue weighted by Crippen LogP contribution is 2.15. The van der Waals surface area contributed by atoms with E-state index in [0.717, 1.165) is 11.4 Å². The number of carbonyl (C=O) groups is 2. The lowest BCUT2D eigenvalue weighted by atomic mass is 10.3. The molecular weight excluding hydrogens is 419 g/mol. The Balaban J connectivity index is 1.45. The van der Waals surface area contributed by atoms with Crippen molar-refractivity contribution in [2.75, 3.05) is 50.2 Å². The van der Waals surface area contributed by atoms with Gasteiger partial charge in [0.15, 0.2) is 0 Å². The molecule has 0 fully saturated rings. The Morgan fingerprint density at radius 3 is 1.59 bits per heavy atom. The molecule has 2 aromatic carbocycles. The Morgan fingerprint density at radius 1 is 0.724 bits per heavy atom. The van der Waals surface area contributed by atoms with Crippen molar-refractivity contribution in [3.05, 3.63) is 58.6 Å². The van der Waals surface area contributed by atoms with Crippen molar-refractivity contribution >= 4 is 46.5 Å². The molecule has 9 heteroatoms. The Labute approximate surface area is 179 Å². The third-order valence-corrected chi connectivity index (χ3v) is 3.97. The zero-order valence-corrected chi connectivity index (χ0v) is 17.2. The minimum atomic E-state index is -0.410. The van der Waals surface area contributed by atoms with Crippen LogP contribution in [0.2, 0.25) is 10.0 Å². The minimum absolute atomic E-state index is 0.0254. The monoisotopic (exact) mass is 440 g/mol. The van der Waals surface area contributed by atoms with Crippen molar-refractivity contribution in [3.63, 3.8) is 0 Å². The number of halogens is 2. The highest BCUT2D eigenvalue weighted by atomic mass is 35.5. The van der Waals surface area contributed by atoms with Gasteiger partial charge in [-0.25, -0.2) is 0 Å². The van der Waals surface area contributed by atoms with Crippen LogP contribution in [0.3, 0.4) is 0 Å². The number of ether oxygens (including phenoxy) is 3. The summed E-state index contributed by atoms with van der Waals surface area (Å²) in [6.07, 6.45) is 0. The summed E-state index contributed by atoms with van der Waals surface area (Å²) in [6.45, 7) is 0.693. The van der Waals surface area contributed by atoms with Gasteiger partial charge < -0.3 is 24.8 Å². The number of rotatable bonds is 12. The van der Waals surface area contributed by atoms with E-state index in [1.165, 1.54) is 0 Å². The Hall–Kier alpha value is -2.48. The number of nitrogens with one attached hydrogen (secondary N) is 2. The molecule has 0 spiro atoms. The first-order chi connectivity index (χ1) is 14.0. The van der Waals surface area contributed by atoms with Crippen LogP contribution in [0, 0.1) is 0 Å². The first-order valence-corrected chi connectivity index (χ1v) is 9.66. The van der Waals surface area contributed by atoms with Gasteiger partial charge in [0.25, 0.3) is 0 Å². The Bertz CT molecular complexity index is 738. The topological polar surface area (TPSA) is 85.9 Å². The van der Waals surface area contributed by atoms with Crippen molar-refractivity contribution in [1.29, 1.82) is 0 Å². The molecule has 0 aliphatic rings. The van der Waals surface area contributed by atoms with E-state index in [1.54, 1.807) is 48.5 Å². The lowest BCUT2D eigenvalue weighted by molar-refractivity contribution is -0.144. The quantitative estimate of drug-likeness (QED) is 0.384. The van der Waals surface area contributed by atoms with Crippen molar-refractivity contribution in [1.82, 2.24) is 0 Å². The fraction of sp³-hybridized carbons (Fsp3) is 0.300. The summed E-state index contributed by atoms with van der Waals surface area (Å²) in [4.78, 5) is 23.3. The van der Waals surface area contributed by atoms with Crippen LogP contribution in [0.4, 0.5) is 11.4 Å². The van der Waals surface area contributed by atoms with Gasteiger partial charge in [-0.15, -0.1) is 0 Å². The second-order valence-electron chi connectivity index (χ2n) is 5.78. The van der Waals surface area contributed by atoms with Crippen LogP contribution in [0.25, 0.3) is 0 Å². The minimum Gasteiger partial charge on any atom is -0.462 e. The molecule has 7 nitrogen and oxygen atoms in total. The molecule has 0 aliphatic carbocycles. The summed E-state index contributed by atoms with van der Waals surface area (Å²) in [5.74, 6) is -0.820. The number of benzene rings is 2. The van der Waals surface area contributed by atoms with Gasteiger partial charge in [-0.2, -0.15) is 0 Å². The molecule has 0 unspecified atom stereocenters. The third-order valence-electron chi connectivity index (χ3n) is 3.50. The standard InChI is InChI=1S/C20H22Cl2N2O5/c21-15-3-1-5-17(11-15)23-13-19(25)28-9-7-27-8-10-29-20(26)14-24-18-6-2-4-16(22)12-18/h1-6,11-12,23-24H,7-10,13-14H2. The van der Waals surface area contributed by atoms with Crippen LogP contribution in [-0.4, -0.2) is 51.5 Å². The molecule has 0 saturated carbocycles. The molecule has 2 N–H and O–H groups in total. The van der Waals surface area contributed by atoms with Gasteiger partial charge in [0.2, 0.25) is 0 Å². The van der Waals surface area contributed by atoms with E-state index in [-0.39, 0.29) is 39.5 Å². The summed E-state index contributed by atoms with van der Waals surface area (Å²) >= 11 is 11.7. The number of carbonyl (C=O) groups excluding carboxylic acids is 2. The SMILES string of the molecule is O=C(CNc1cccc(Cl)c1)OCCOCCOC(=O)CNc1cccc(Cl)c1. The van der Waals surface area contributed by atoms with Crippen LogP contribution < -0.4 is 10.6 Å². The molecule has 0 aromatic heterocycles. The van der Waals surface area contributed by atoms with Crippen LogP contribution in [0.15, 0.2) is 48.5 Å². The van der Waals surface area contributed by atoms with E-state index in [9.17, 15) is 9.59 Å². The highest BCUT2D eigenvalue weighted by Gasteiger charge is 2.05. The van der Waals surface area contributed by atoms with E-state index < -0.39 is 11.9 Å². The molecule has 0 bridgehead atoms. The Kier molecular flexibility index (Phi) is 10.1. The van der Waals surface area contributed by atoms with Gasteiger partial charge in [0.1, 0.15) is 26.3 Å². The van der Waals surface area contributed by atoms with Gasteiger partial charge in [-0.1, -0.05) is 35.3 Å². The first-order valence-electron chi connectivity index (χ1n) is 8.91. The van der Waals surface area contributed by atoms with Crippen LogP contribution >= 0.6 is 23.2 Å². The second-order valence-corrected chi connectivity index (χ2v) is 6.65. The smallest absolute Gasteiger partial charge is 0.325 e. The lowest BCUT2D eigenvalue weighted by Crippen LogP contribution is -2.21. The first kappa shape index (κ1) is 22.8.